The van der Waals surface area contributed by atoms with Crippen molar-refractivity contribution in [3.05, 3.63) is 53.9 Å². The van der Waals surface area contributed by atoms with Gasteiger partial charge in [0, 0.05) is 5.56 Å². The van der Waals surface area contributed by atoms with Crippen molar-refractivity contribution in [3.8, 4) is 11.1 Å². The van der Waals surface area contributed by atoms with Crippen LogP contribution in [0.25, 0.3) is 11.1 Å². The molecule has 17 heavy (non-hydrogen) atoms. The summed E-state index contributed by atoms with van der Waals surface area (Å²) in [7, 11) is 0. The zero-order valence-corrected chi connectivity index (χ0v) is 8.52. The predicted octanol–water partition coefficient (Wildman–Crippen LogP) is 2.73. The largest absolute Gasteiger partial charge is 0.477 e. The molecular formula is C12H7F2NO2. The van der Waals surface area contributed by atoms with Gasteiger partial charge in [0.25, 0.3) is 0 Å². The number of carbonyl (C=O) groups is 1. The molecule has 0 aliphatic carbocycles. The first-order chi connectivity index (χ1) is 8.08. The van der Waals surface area contributed by atoms with Crippen LogP contribution in [0.5, 0.6) is 0 Å². The summed E-state index contributed by atoms with van der Waals surface area (Å²) in [6.07, 6.45) is 0. The van der Waals surface area contributed by atoms with Gasteiger partial charge < -0.3 is 5.11 Å². The van der Waals surface area contributed by atoms with Gasteiger partial charge >= 0.3 is 5.97 Å². The maximum atomic E-state index is 13.5. The second-order valence-corrected chi connectivity index (χ2v) is 3.35. The van der Waals surface area contributed by atoms with Crippen molar-refractivity contribution in [2.45, 2.75) is 0 Å². The van der Waals surface area contributed by atoms with Crippen LogP contribution < -0.4 is 0 Å². The molecule has 0 radical (unpaired) electrons. The zero-order chi connectivity index (χ0) is 12.4. The van der Waals surface area contributed by atoms with E-state index in [-0.39, 0.29) is 11.3 Å². The Kier molecular flexibility index (Phi) is 2.82. The van der Waals surface area contributed by atoms with Gasteiger partial charge in [-0.15, -0.1) is 0 Å². The van der Waals surface area contributed by atoms with Crippen molar-refractivity contribution >= 4 is 5.97 Å². The Morgan fingerprint density at radius 3 is 2.53 bits per heavy atom. The SMILES string of the molecule is O=C(O)c1ccc(-c2cccc(F)c2)c(F)n1. The second kappa shape index (κ2) is 4.29. The lowest BCUT2D eigenvalue weighted by molar-refractivity contribution is 0.0689. The third-order valence-corrected chi connectivity index (χ3v) is 2.20. The molecule has 2 rings (SSSR count). The highest BCUT2D eigenvalue weighted by atomic mass is 19.1. The Morgan fingerprint density at radius 2 is 1.94 bits per heavy atom. The quantitative estimate of drug-likeness (QED) is 0.814. The van der Waals surface area contributed by atoms with Crippen molar-refractivity contribution in [2.75, 3.05) is 0 Å². The van der Waals surface area contributed by atoms with E-state index in [0.29, 0.717) is 5.56 Å². The predicted molar refractivity (Wildman–Crippen MR) is 56.5 cm³/mol. The standard InChI is InChI=1S/C12H7F2NO2/c13-8-3-1-2-7(6-8)9-4-5-10(12(16)17)15-11(9)14/h1-6H,(H,16,17). The topological polar surface area (TPSA) is 50.2 Å². The lowest BCUT2D eigenvalue weighted by Crippen LogP contribution is -2.02. The van der Waals surface area contributed by atoms with E-state index in [0.717, 1.165) is 6.07 Å². The first-order valence-corrected chi connectivity index (χ1v) is 4.73. The van der Waals surface area contributed by atoms with Gasteiger partial charge in [-0.2, -0.15) is 4.39 Å². The average molecular weight is 235 g/mol. The molecule has 3 nitrogen and oxygen atoms in total. The summed E-state index contributed by atoms with van der Waals surface area (Å²) < 4.78 is 26.5. The molecule has 0 bridgehead atoms. The Bertz CT molecular complexity index is 584. The van der Waals surface area contributed by atoms with E-state index in [1.54, 1.807) is 0 Å². The van der Waals surface area contributed by atoms with Gasteiger partial charge in [0.15, 0.2) is 5.69 Å². The lowest BCUT2D eigenvalue weighted by Gasteiger charge is -2.03. The van der Waals surface area contributed by atoms with E-state index in [1.807, 2.05) is 0 Å². The van der Waals surface area contributed by atoms with Crippen LogP contribution in [0.4, 0.5) is 8.78 Å². The number of nitrogens with zero attached hydrogens (tertiary/aromatic N) is 1. The Labute approximate surface area is 95.4 Å². The van der Waals surface area contributed by atoms with E-state index in [9.17, 15) is 13.6 Å². The molecule has 0 spiro atoms. The number of halogens is 2. The summed E-state index contributed by atoms with van der Waals surface area (Å²) in [5.41, 5.74) is -0.0101. The van der Waals surface area contributed by atoms with E-state index in [2.05, 4.69) is 4.98 Å². The molecule has 0 aliphatic heterocycles. The molecule has 5 heteroatoms. The van der Waals surface area contributed by atoms with Gasteiger partial charge in [-0.05, 0) is 29.8 Å². The number of hydrogen-bond donors (Lipinski definition) is 1. The van der Waals surface area contributed by atoms with Crippen LogP contribution in [-0.2, 0) is 0 Å². The summed E-state index contributed by atoms with van der Waals surface area (Å²) >= 11 is 0. The fraction of sp³-hybridized carbons (Fsp3) is 0. The molecule has 0 saturated heterocycles. The summed E-state index contributed by atoms with van der Waals surface area (Å²) in [4.78, 5) is 13.9. The first-order valence-electron chi connectivity index (χ1n) is 4.73. The van der Waals surface area contributed by atoms with Crippen LogP contribution in [-0.4, -0.2) is 16.1 Å². The van der Waals surface area contributed by atoms with Crippen LogP contribution in [0.2, 0.25) is 0 Å². The summed E-state index contributed by atoms with van der Waals surface area (Å²) in [5.74, 6) is -2.74. The van der Waals surface area contributed by atoms with Gasteiger partial charge in [0.2, 0.25) is 5.95 Å². The second-order valence-electron chi connectivity index (χ2n) is 3.35. The maximum absolute atomic E-state index is 13.5. The van der Waals surface area contributed by atoms with Gasteiger partial charge in [-0.25, -0.2) is 14.2 Å². The fourth-order valence-electron chi connectivity index (χ4n) is 1.42. The minimum absolute atomic E-state index is 0.0644. The molecule has 1 heterocycles. The Balaban J connectivity index is 2.50. The molecular weight excluding hydrogens is 228 g/mol. The molecule has 0 unspecified atom stereocenters. The molecule has 0 fully saturated rings. The van der Waals surface area contributed by atoms with Gasteiger partial charge in [-0.1, -0.05) is 12.1 Å². The third kappa shape index (κ3) is 2.28. The monoisotopic (exact) mass is 235 g/mol. The number of aromatic nitrogens is 1. The lowest BCUT2D eigenvalue weighted by atomic mass is 10.1. The molecule has 1 aromatic heterocycles. The van der Waals surface area contributed by atoms with Gasteiger partial charge in [0.05, 0.1) is 0 Å². The van der Waals surface area contributed by atoms with Crippen LogP contribution in [0.15, 0.2) is 36.4 Å². The zero-order valence-electron chi connectivity index (χ0n) is 8.52. The summed E-state index contributed by atoms with van der Waals surface area (Å²) in [6.45, 7) is 0. The van der Waals surface area contributed by atoms with Crippen molar-refractivity contribution in [1.29, 1.82) is 0 Å². The van der Waals surface area contributed by atoms with Crippen molar-refractivity contribution in [3.63, 3.8) is 0 Å². The molecule has 1 N–H and O–H groups in total. The molecule has 1 aromatic carbocycles. The number of rotatable bonds is 2. The fourth-order valence-corrected chi connectivity index (χ4v) is 1.42. The highest BCUT2D eigenvalue weighted by molar-refractivity contribution is 5.85. The summed E-state index contributed by atoms with van der Waals surface area (Å²) in [5, 5.41) is 8.63. The molecule has 0 aliphatic rings. The first kappa shape index (κ1) is 11.2. The van der Waals surface area contributed by atoms with E-state index in [1.165, 1.54) is 30.3 Å². The molecule has 0 amide bonds. The van der Waals surface area contributed by atoms with Crippen LogP contribution in [0, 0.1) is 11.8 Å². The number of hydrogen-bond acceptors (Lipinski definition) is 2. The van der Waals surface area contributed by atoms with Crippen LogP contribution in [0.3, 0.4) is 0 Å². The smallest absolute Gasteiger partial charge is 0.354 e. The normalized spacial score (nSPS) is 10.2. The van der Waals surface area contributed by atoms with E-state index < -0.39 is 17.7 Å². The number of benzene rings is 1. The van der Waals surface area contributed by atoms with E-state index in [4.69, 9.17) is 5.11 Å². The number of carboxylic acids is 1. The van der Waals surface area contributed by atoms with Gasteiger partial charge in [-0.3, -0.25) is 0 Å². The average Bonchev–Trinajstić information content (AvgIpc) is 2.28. The van der Waals surface area contributed by atoms with Crippen LogP contribution >= 0.6 is 0 Å². The Morgan fingerprint density at radius 1 is 1.18 bits per heavy atom. The minimum atomic E-state index is -1.31. The maximum Gasteiger partial charge on any atom is 0.354 e. The molecule has 86 valence electrons. The molecule has 0 atom stereocenters. The number of carboxylic acid groups (broad SMARTS) is 1. The van der Waals surface area contributed by atoms with Crippen molar-refractivity contribution in [1.82, 2.24) is 4.98 Å². The number of pyridine rings is 1. The highest BCUT2D eigenvalue weighted by Crippen LogP contribution is 2.22. The Hall–Kier alpha value is -2.30. The van der Waals surface area contributed by atoms with Gasteiger partial charge in [0.1, 0.15) is 5.82 Å². The van der Waals surface area contributed by atoms with Crippen LogP contribution in [0.1, 0.15) is 10.5 Å². The summed E-state index contributed by atoms with van der Waals surface area (Å²) in [6, 6.07) is 7.78. The third-order valence-electron chi connectivity index (χ3n) is 2.20. The van der Waals surface area contributed by atoms with Crippen molar-refractivity contribution < 1.29 is 18.7 Å². The molecule has 2 aromatic rings. The minimum Gasteiger partial charge on any atom is -0.477 e. The highest BCUT2D eigenvalue weighted by Gasteiger charge is 2.11. The number of aromatic carboxylic acids is 1. The van der Waals surface area contributed by atoms with Crippen molar-refractivity contribution in [2.24, 2.45) is 0 Å². The van der Waals surface area contributed by atoms with E-state index >= 15 is 0 Å². The molecule has 0 saturated carbocycles.